The lowest BCUT2D eigenvalue weighted by molar-refractivity contribution is -0.122. The van der Waals surface area contributed by atoms with Gasteiger partial charge in [-0.3, -0.25) is 14.5 Å². The van der Waals surface area contributed by atoms with Crippen LogP contribution in [0.2, 0.25) is 0 Å². The summed E-state index contributed by atoms with van der Waals surface area (Å²) >= 11 is 0. The molecule has 1 saturated heterocycles. The van der Waals surface area contributed by atoms with Gasteiger partial charge in [-0.1, -0.05) is 19.1 Å². The second kappa shape index (κ2) is 9.27. The summed E-state index contributed by atoms with van der Waals surface area (Å²) in [5.74, 6) is 0.892. The number of nitrogens with two attached hydrogens (primary N) is 1. The zero-order valence-electron chi connectivity index (χ0n) is 14.3. The number of amides is 2. The van der Waals surface area contributed by atoms with Gasteiger partial charge in [0.15, 0.2) is 6.61 Å². The summed E-state index contributed by atoms with van der Waals surface area (Å²) in [7, 11) is 0. The number of ether oxygens (including phenoxy) is 1. The van der Waals surface area contributed by atoms with Gasteiger partial charge in [-0.05, 0) is 56.0 Å². The number of rotatable bonds is 7. The van der Waals surface area contributed by atoms with Gasteiger partial charge >= 0.3 is 0 Å². The standard InChI is InChI=1S/C18H27N3O3/c1-14-3-2-9-21(10-8-14)12-18(23)20-11-15-4-6-16(7-5-15)24-13-17(19)22/h4-7,14H,2-3,8-13H2,1H3,(H2,19,22)(H,20,23)/t14-/m0/s1. The summed E-state index contributed by atoms with van der Waals surface area (Å²) in [6, 6.07) is 7.26. The molecule has 2 amide bonds. The van der Waals surface area contributed by atoms with Crippen molar-refractivity contribution in [3.05, 3.63) is 29.8 Å². The highest BCUT2D eigenvalue weighted by Crippen LogP contribution is 2.16. The third-order valence-electron chi connectivity index (χ3n) is 4.27. The van der Waals surface area contributed by atoms with E-state index < -0.39 is 5.91 Å². The van der Waals surface area contributed by atoms with E-state index in [1.165, 1.54) is 19.3 Å². The minimum absolute atomic E-state index is 0.0543. The van der Waals surface area contributed by atoms with Crippen molar-refractivity contribution in [3.63, 3.8) is 0 Å². The largest absolute Gasteiger partial charge is 0.484 e. The smallest absolute Gasteiger partial charge is 0.255 e. The summed E-state index contributed by atoms with van der Waals surface area (Å²) in [6.07, 6.45) is 3.59. The van der Waals surface area contributed by atoms with E-state index in [2.05, 4.69) is 17.1 Å². The maximum atomic E-state index is 12.1. The number of primary amides is 1. The molecule has 3 N–H and O–H groups in total. The molecule has 6 nitrogen and oxygen atoms in total. The molecule has 0 unspecified atom stereocenters. The molecule has 0 radical (unpaired) electrons. The van der Waals surface area contributed by atoms with Crippen LogP contribution in [-0.2, 0) is 16.1 Å². The van der Waals surface area contributed by atoms with Crippen molar-refractivity contribution < 1.29 is 14.3 Å². The number of nitrogens with one attached hydrogen (secondary N) is 1. The highest BCUT2D eigenvalue weighted by molar-refractivity contribution is 5.78. The van der Waals surface area contributed by atoms with Gasteiger partial charge in [0.2, 0.25) is 5.91 Å². The van der Waals surface area contributed by atoms with Crippen LogP contribution in [0.15, 0.2) is 24.3 Å². The van der Waals surface area contributed by atoms with E-state index in [1.807, 2.05) is 12.1 Å². The van der Waals surface area contributed by atoms with Gasteiger partial charge in [-0.2, -0.15) is 0 Å². The van der Waals surface area contributed by atoms with Gasteiger partial charge in [-0.15, -0.1) is 0 Å². The highest BCUT2D eigenvalue weighted by atomic mass is 16.5. The molecule has 0 saturated carbocycles. The van der Waals surface area contributed by atoms with E-state index in [4.69, 9.17) is 10.5 Å². The fourth-order valence-electron chi connectivity index (χ4n) is 2.80. The predicted octanol–water partition coefficient (Wildman–Crippen LogP) is 1.29. The van der Waals surface area contributed by atoms with Gasteiger partial charge in [0.05, 0.1) is 6.54 Å². The Balaban J connectivity index is 1.72. The van der Waals surface area contributed by atoms with Crippen LogP contribution >= 0.6 is 0 Å². The number of hydrogen-bond acceptors (Lipinski definition) is 4. The molecule has 1 heterocycles. The minimum atomic E-state index is -0.505. The molecule has 0 bridgehead atoms. The number of likely N-dealkylation sites (tertiary alicyclic amines) is 1. The van der Waals surface area contributed by atoms with Crippen LogP contribution in [0, 0.1) is 5.92 Å². The molecule has 1 aliphatic heterocycles. The maximum absolute atomic E-state index is 12.1. The fourth-order valence-corrected chi connectivity index (χ4v) is 2.80. The molecule has 1 aromatic rings. The number of carbonyl (C=O) groups is 2. The van der Waals surface area contributed by atoms with Crippen molar-refractivity contribution in [2.75, 3.05) is 26.2 Å². The second-order valence-electron chi connectivity index (χ2n) is 6.49. The highest BCUT2D eigenvalue weighted by Gasteiger charge is 2.16. The van der Waals surface area contributed by atoms with Crippen LogP contribution in [0.3, 0.4) is 0 Å². The first-order chi connectivity index (χ1) is 11.5. The topological polar surface area (TPSA) is 84.7 Å². The van der Waals surface area contributed by atoms with Crippen molar-refractivity contribution >= 4 is 11.8 Å². The number of nitrogens with zero attached hydrogens (tertiary/aromatic N) is 1. The lowest BCUT2D eigenvalue weighted by atomic mass is 10.0. The monoisotopic (exact) mass is 333 g/mol. The third kappa shape index (κ3) is 6.58. The lowest BCUT2D eigenvalue weighted by Gasteiger charge is -2.19. The molecule has 6 heteroatoms. The van der Waals surface area contributed by atoms with Gasteiger partial charge in [-0.25, -0.2) is 0 Å². The molecular formula is C18H27N3O3. The van der Waals surface area contributed by atoms with E-state index in [1.54, 1.807) is 12.1 Å². The molecule has 1 atom stereocenters. The summed E-state index contributed by atoms with van der Waals surface area (Å²) in [5, 5.41) is 2.95. The van der Waals surface area contributed by atoms with E-state index >= 15 is 0 Å². The summed E-state index contributed by atoms with van der Waals surface area (Å²) in [5.41, 5.74) is 6.02. The van der Waals surface area contributed by atoms with Crippen LogP contribution in [0.4, 0.5) is 0 Å². The molecule has 132 valence electrons. The van der Waals surface area contributed by atoms with Crippen LogP contribution in [0.5, 0.6) is 5.75 Å². The summed E-state index contributed by atoms with van der Waals surface area (Å²) in [4.78, 5) is 25.0. The van der Waals surface area contributed by atoms with Crippen molar-refractivity contribution in [2.24, 2.45) is 11.7 Å². The average molecular weight is 333 g/mol. The van der Waals surface area contributed by atoms with E-state index in [0.29, 0.717) is 18.8 Å². The molecule has 1 aliphatic rings. The Morgan fingerprint density at radius 3 is 2.71 bits per heavy atom. The van der Waals surface area contributed by atoms with Gasteiger partial charge in [0, 0.05) is 6.54 Å². The first kappa shape index (κ1) is 18.3. The van der Waals surface area contributed by atoms with Crippen LogP contribution in [0.25, 0.3) is 0 Å². The van der Waals surface area contributed by atoms with Gasteiger partial charge < -0.3 is 15.8 Å². The van der Waals surface area contributed by atoms with Crippen molar-refractivity contribution in [1.29, 1.82) is 0 Å². The molecular weight excluding hydrogens is 306 g/mol. The Labute approximate surface area is 143 Å². The van der Waals surface area contributed by atoms with Crippen LogP contribution in [0.1, 0.15) is 31.7 Å². The molecule has 0 aromatic heterocycles. The zero-order valence-corrected chi connectivity index (χ0v) is 14.3. The second-order valence-corrected chi connectivity index (χ2v) is 6.49. The Bertz CT molecular complexity index is 545. The first-order valence-corrected chi connectivity index (χ1v) is 8.52. The van der Waals surface area contributed by atoms with Crippen molar-refractivity contribution in [2.45, 2.75) is 32.7 Å². The molecule has 1 fully saturated rings. The van der Waals surface area contributed by atoms with E-state index in [-0.39, 0.29) is 12.5 Å². The third-order valence-corrected chi connectivity index (χ3v) is 4.27. The molecule has 2 rings (SSSR count). The fraction of sp³-hybridized carbons (Fsp3) is 0.556. The Morgan fingerprint density at radius 1 is 1.25 bits per heavy atom. The maximum Gasteiger partial charge on any atom is 0.255 e. The van der Waals surface area contributed by atoms with Gasteiger partial charge in [0.25, 0.3) is 5.91 Å². The van der Waals surface area contributed by atoms with Gasteiger partial charge in [0.1, 0.15) is 5.75 Å². The molecule has 0 aliphatic carbocycles. The molecule has 24 heavy (non-hydrogen) atoms. The normalized spacial score (nSPS) is 18.6. The SMILES string of the molecule is C[C@H]1CCCN(CC(=O)NCc2ccc(OCC(N)=O)cc2)CC1. The Hall–Kier alpha value is -2.08. The van der Waals surface area contributed by atoms with E-state index in [0.717, 1.165) is 24.6 Å². The summed E-state index contributed by atoms with van der Waals surface area (Å²) < 4.78 is 5.20. The lowest BCUT2D eigenvalue weighted by Crippen LogP contribution is -2.37. The zero-order chi connectivity index (χ0) is 17.4. The molecule has 1 aromatic carbocycles. The number of benzene rings is 1. The Morgan fingerprint density at radius 2 is 2.00 bits per heavy atom. The van der Waals surface area contributed by atoms with Crippen LogP contribution < -0.4 is 15.8 Å². The van der Waals surface area contributed by atoms with Crippen LogP contribution in [-0.4, -0.2) is 43.0 Å². The quantitative estimate of drug-likeness (QED) is 0.787. The predicted molar refractivity (Wildman–Crippen MR) is 92.4 cm³/mol. The number of carbonyl (C=O) groups excluding carboxylic acids is 2. The molecule has 0 spiro atoms. The van der Waals surface area contributed by atoms with Crippen molar-refractivity contribution in [3.8, 4) is 5.75 Å². The minimum Gasteiger partial charge on any atom is -0.484 e. The first-order valence-electron chi connectivity index (χ1n) is 8.52. The summed E-state index contributed by atoms with van der Waals surface area (Å²) in [6.45, 7) is 5.10. The Kier molecular flexibility index (Phi) is 7.06. The average Bonchev–Trinajstić information content (AvgIpc) is 2.76. The van der Waals surface area contributed by atoms with E-state index in [9.17, 15) is 9.59 Å². The number of hydrogen-bond donors (Lipinski definition) is 2. The van der Waals surface area contributed by atoms with Crippen molar-refractivity contribution in [1.82, 2.24) is 10.2 Å².